The van der Waals surface area contributed by atoms with Gasteiger partial charge in [0.2, 0.25) is 0 Å². The van der Waals surface area contributed by atoms with E-state index >= 15 is 0 Å². The highest BCUT2D eigenvalue weighted by Crippen LogP contribution is 1.91. The van der Waals surface area contributed by atoms with Crippen molar-refractivity contribution >= 4 is 14.1 Å². The van der Waals surface area contributed by atoms with Crippen molar-refractivity contribution in [3.05, 3.63) is 11.5 Å². The molecule has 0 amide bonds. The number of rotatable bonds is 2. The Balaban J connectivity index is 3.36. The van der Waals surface area contributed by atoms with Crippen LogP contribution >= 0.6 is 0 Å². The van der Waals surface area contributed by atoms with E-state index in [2.05, 4.69) is 0 Å². The largest absolute Gasteiger partial charge is 0.303 e. The summed E-state index contributed by atoms with van der Waals surface area (Å²) in [6.45, 7) is 1.81. The van der Waals surface area contributed by atoms with Gasteiger partial charge < -0.3 is 4.79 Å². The molecule has 0 fully saturated rings. The molecular weight excluding hydrogens is 86.9 g/mol. The van der Waals surface area contributed by atoms with Gasteiger partial charge in [0, 0.05) is 6.42 Å². The third kappa shape index (κ3) is 3.30. The summed E-state index contributed by atoms with van der Waals surface area (Å²) in [6.07, 6.45) is 1.29. The predicted molar refractivity (Wildman–Crippen MR) is 30.2 cm³/mol. The minimum Gasteiger partial charge on any atom is -0.303 e. The van der Waals surface area contributed by atoms with E-state index in [-0.39, 0.29) is 0 Å². The number of allylic oxidation sites excluding steroid dienone is 1. The SMILES string of the molecule is [B]/C=C(\C)CC=O. The first-order valence-electron chi connectivity index (χ1n) is 2.12. The fourth-order valence-corrected chi connectivity index (χ4v) is 0.199. The minimum atomic E-state index is 0.455. The van der Waals surface area contributed by atoms with Crippen molar-refractivity contribution in [2.45, 2.75) is 13.3 Å². The fourth-order valence-electron chi connectivity index (χ4n) is 0.199. The van der Waals surface area contributed by atoms with Crippen LogP contribution in [0.25, 0.3) is 0 Å². The van der Waals surface area contributed by atoms with E-state index in [1.165, 1.54) is 5.98 Å². The zero-order chi connectivity index (χ0) is 5.70. The van der Waals surface area contributed by atoms with E-state index in [1.54, 1.807) is 0 Å². The maximum absolute atomic E-state index is 9.68. The van der Waals surface area contributed by atoms with Crippen LogP contribution in [0.1, 0.15) is 13.3 Å². The topological polar surface area (TPSA) is 17.1 Å². The smallest absolute Gasteiger partial charge is 0.123 e. The van der Waals surface area contributed by atoms with Crippen molar-refractivity contribution in [1.29, 1.82) is 0 Å². The second-order valence-corrected chi connectivity index (χ2v) is 1.38. The van der Waals surface area contributed by atoms with Gasteiger partial charge in [0.25, 0.3) is 0 Å². The zero-order valence-corrected chi connectivity index (χ0v) is 4.35. The Kier molecular flexibility index (Phi) is 3.38. The van der Waals surface area contributed by atoms with Gasteiger partial charge in [-0.1, -0.05) is 5.57 Å². The van der Waals surface area contributed by atoms with Crippen LogP contribution in [0.5, 0.6) is 0 Å². The molecule has 0 aliphatic heterocycles. The van der Waals surface area contributed by atoms with E-state index in [1.807, 2.05) is 6.92 Å². The molecule has 0 spiro atoms. The van der Waals surface area contributed by atoms with Crippen LogP contribution in [0, 0.1) is 0 Å². The molecular formula is C5H7BO. The summed E-state index contributed by atoms with van der Waals surface area (Å²) in [5.41, 5.74) is 0.912. The Hall–Kier alpha value is -0.525. The second-order valence-electron chi connectivity index (χ2n) is 1.38. The average molecular weight is 93.9 g/mol. The van der Waals surface area contributed by atoms with Crippen LogP contribution in [-0.2, 0) is 4.79 Å². The molecule has 0 aromatic heterocycles. The zero-order valence-electron chi connectivity index (χ0n) is 4.35. The van der Waals surface area contributed by atoms with Gasteiger partial charge in [0.15, 0.2) is 0 Å². The molecule has 0 N–H and O–H groups in total. The Bertz CT molecular complexity index is 86.1. The molecule has 7 heavy (non-hydrogen) atoms. The molecule has 0 rings (SSSR count). The summed E-state index contributed by atoms with van der Waals surface area (Å²) in [5.74, 6) is 1.44. The first kappa shape index (κ1) is 6.47. The Morgan fingerprint density at radius 1 is 1.86 bits per heavy atom. The van der Waals surface area contributed by atoms with Gasteiger partial charge in [-0.2, -0.15) is 0 Å². The normalized spacial score (nSPS) is 11.3. The number of carbonyl (C=O) groups excluding carboxylic acids is 1. The maximum Gasteiger partial charge on any atom is 0.123 e. The molecule has 36 valence electrons. The molecule has 1 nitrogen and oxygen atoms in total. The first-order valence-corrected chi connectivity index (χ1v) is 2.12. The van der Waals surface area contributed by atoms with Crippen LogP contribution in [0.3, 0.4) is 0 Å². The second kappa shape index (κ2) is 3.66. The van der Waals surface area contributed by atoms with Crippen molar-refractivity contribution in [3.63, 3.8) is 0 Å². The lowest BCUT2D eigenvalue weighted by molar-refractivity contribution is -0.107. The van der Waals surface area contributed by atoms with Gasteiger partial charge in [-0.25, -0.2) is 0 Å². The highest BCUT2D eigenvalue weighted by molar-refractivity contribution is 6.17. The minimum absolute atomic E-state index is 0.455. The molecule has 0 saturated carbocycles. The van der Waals surface area contributed by atoms with Crippen molar-refractivity contribution < 1.29 is 4.79 Å². The van der Waals surface area contributed by atoms with Crippen molar-refractivity contribution in [2.24, 2.45) is 0 Å². The Morgan fingerprint density at radius 3 is 2.57 bits per heavy atom. The lowest BCUT2D eigenvalue weighted by atomic mass is 10.0. The molecule has 0 unspecified atom stereocenters. The molecule has 0 aliphatic carbocycles. The number of aldehydes is 1. The summed E-state index contributed by atoms with van der Waals surface area (Å²) in [6, 6.07) is 0. The standard InChI is InChI=1S/C5H7BO/c1-5(4-6)2-3-7/h3-4H,2H2,1H3/b5-4+. The Labute approximate surface area is 44.8 Å². The van der Waals surface area contributed by atoms with Crippen LogP contribution in [0.2, 0.25) is 0 Å². The van der Waals surface area contributed by atoms with Crippen molar-refractivity contribution in [1.82, 2.24) is 0 Å². The summed E-state index contributed by atoms with van der Waals surface area (Å²) >= 11 is 0. The fraction of sp³-hybridized carbons (Fsp3) is 0.400. The quantitative estimate of drug-likeness (QED) is 0.362. The lowest BCUT2D eigenvalue weighted by Gasteiger charge is -1.84. The summed E-state index contributed by atoms with van der Waals surface area (Å²) in [4.78, 5) is 9.68. The lowest BCUT2D eigenvalue weighted by Crippen LogP contribution is -1.75. The van der Waals surface area contributed by atoms with E-state index in [0.29, 0.717) is 6.42 Å². The van der Waals surface area contributed by atoms with Gasteiger partial charge in [0.1, 0.15) is 14.1 Å². The maximum atomic E-state index is 9.68. The van der Waals surface area contributed by atoms with Gasteiger partial charge in [-0.3, -0.25) is 0 Å². The number of hydrogen-bond acceptors (Lipinski definition) is 1. The summed E-state index contributed by atoms with van der Waals surface area (Å²) in [5, 5.41) is 0. The van der Waals surface area contributed by atoms with Crippen LogP contribution in [-0.4, -0.2) is 14.1 Å². The predicted octanol–water partition coefficient (Wildman–Crippen LogP) is 0.648. The number of hydrogen-bond donors (Lipinski definition) is 0. The van der Waals surface area contributed by atoms with E-state index in [9.17, 15) is 4.79 Å². The third-order valence-corrected chi connectivity index (χ3v) is 0.690. The van der Waals surface area contributed by atoms with E-state index in [4.69, 9.17) is 7.85 Å². The molecule has 0 bridgehead atoms. The molecule has 0 aromatic carbocycles. The van der Waals surface area contributed by atoms with Crippen molar-refractivity contribution in [3.8, 4) is 0 Å². The van der Waals surface area contributed by atoms with E-state index in [0.717, 1.165) is 11.9 Å². The van der Waals surface area contributed by atoms with E-state index < -0.39 is 0 Å². The van der Waals surface area contributed by atoms with Gasteiger partial charge in [-0.05, 0) is 6.92 Å². The first-order chi connectivity index (χ1) is 3.31. The van der Waals surface area contributed by atoms with Crippen LogP contribution < -0.4 is 0 Å². The number of carbonyl (C=O) groups is 1. The van der Waals surface area contributed by atoms with Gasteiger partial charge in [0.05, 0.1) is 0 Å². The molecule has 0 aromatic rings. The molecule has 0 heterocycles. The van der Waals surface area contributed by atoms with Crippen LogP contribution in [0.15, 0.2) is 11.5 Å². The summed E-state index contributed by atoms with van der Waals surface area (Å²) < 4.78 is 0. The highest BCUT2D eigenvalue weighted by Gasteiger charge is 1.79. The monoisotopic (exact) mass is 94.1 g/mol. The van der Waals surface area contributed by atoms with Gasteiger partial charge >= 0.3 is 0 Å². The highest BCUT2D eigenvalue weighted by atomic mass is 16.1. The average Bonchev–Trinajstić information content (AvgIpc) is 1.68. The molecule has 2 heteroatoms. The molecule has 0 atom stereocenters. The van der Waals surface area contributed by atoms with Gasteiger partial charge in [-0.15, -0.1) is 5.98 Å². The molecule has 0 aliphatic rings. The third-order valence-electron chi connectivity index (χ3n) is 0.690. The summed E-state index contributed by atoms with van der Waals surface area (Å²) in [7, 11) is 5.04. The van der Waals surface area contributed by atoms with Crippen molar-refractivity contribution in [2.75, 3.05) is 0 Å². The van der Waals surface area contributed by atoms with Crippen LogP contribution in [0.4, 0.5) is 0 Å². The molecule has 0 saturated heterocycles. The Morgan fingerprint density at radius 2 is 2.43 bits per heavy atom. The molecule has 2 radical (unpaired) electrons.